The minimum absolute atomic E-state index is 0.387. The first-order valence-corrected chi connectivity index (χ1v) is 3.54. The predicted octanol–water partition coefficient (Wildman–Crippen LogP) is 1.37. The number of rotatable bonds is 2. The second-order valence-electron chi connectivity index (χ2n) is 1.91. The van der Waals surface area contributed by atoms with Gasteiger partial charge < -0.3 is 8.99 Å². The van der Waals surface area contributed by atoms with E-state index in [4.69, 9.17) is 4.78 Å². The number of hydrogen-bond acceptors (Lipinski definition) is 3. The van der Waals surface area contributed by atoms with Gasteiger partial charge in [0.25, 0.3) is 0 Å². The zero-order valence-electron chi connectivity index (χ0n) is 4.60. The maximum atomic E-state index is 10.0. The predicted molar refractivity (Wildman–Crippen MR) is 30.5 cm³/mol. The van der Waals surface area contributed by atoms with Crippen molar-refractivity contribution >= 4 is 10.6 Å². The van der Waals surface area contributed by atoms with Crippen LogP contribution in [0.25, 0.3) is 0 Å². The van der Waals surface area contributed by atoms with Crippen molar-refractivity contribution in [3.05, 3.63) is 0 Å². The summed E-state index contributed by atoms with van der Waals surface area (Å²) >= 11 is 0. The Balaban J connectivity index is 3.32. The molecule has 0 aromatic heterocycles. The summed E-state index contributed by atoms with van der Waals surface area (Å²) in [4.78, 5) is 0. The SMILES string of the molecule is CC(C)C[S-](=N)=O. The molecule has 0 rings (SSSR count). The van der Waals surface area contributed by atoms with Crippen molar-refractivity contribution in [3.63, 3.8) is 0 Å². The molecule has 44 valence electrons. The summed E-state index contributed by atoms with van der Waals surface area (Å²) in [6, 6.07) is 0. The molecule has 0 aliphatic rings. The molecule has 7 heavy (non-hydrogen) atoms. The third-order valence-corrected chi connectivity index (χ3v) is 1.45. The van der Waals surface area contributed by atoms with Gasteiger partial charge in [0.05, 0.1) is 0 Å². The molecule has 0 aliphatic carbocycles. The molecule has 0 aromatic carbocycles. The molecule has 0 saturated heterocycles. The lowest BCUT2D eigenvalue weighted by atomic mass is 10.3. The molecule has 0 amide bonds. The molecule has 0 fully saturated rings. The van der Waals surface area contributed by atoms with Gasteiger partial charge in [-0.1, -0.05) is 25.5 Å². The lowest BCUT2D eigenvalue weighted by molar-refractivity contribution is 0.592. The Morgan fingerprint density at radius 1 is 1.71 bits per heavy atom. The topological polar surface area (TPSA) is 40.9 Å². The molecule has 0 heterocycles. The summed E-state index contributed by atoms with van der Waals surface area (Å²) in [7, 11) is -1.35. The van der Waals surface area contributed by atoms with Crippen LogP contribution in [-0.4, -0.2) is 5.75 Å². The average molecular weight is 120 g/mol. The van der Waals surface area contributed by atoms with E-state index in [0.717, 1.165) is 0 Å². The van der Waals surface area contributed by atoms with Crippen molar-refractivity contribution in [1.82, 2.24) is 0 Å². The molecule has 0 bridgehead atoms. The van der Waals surface area contributed by atoms with E-state index in [2.05, 4.69) is 0 Å². The van der Waals surface area contributed by atoms with Gasteiger partial charge in [-0.25, -0.2) is 0 Å². The average Bonchev–Trinajstić information content (AvgIpc) is 1.27. The fraction of sp³-hybridized carbons (Fsp3) is 1.00. The van der Waals surface area contributed by atoms with Crippen LogP contribution in [0, 0.1) is 10.7 Å². The fourth-order valence-electron chi connectivity index (χ4n) is 0.303. The smallest absolute Gasteiger partial charge is 0.0624 e. The van der Waals surface area contributed by atoms with E-state index in [1.165, 1.54) is 0 Å². The van der Waals surface area contributed by atoms with E-state index in [1.54, 1.807) is 0 Å². The Labute approximate surface area is 45.9 Å². The molecule has 0 radical (unpaired) electrons. The van der Waals surface area contributed by atoms with Gasteiger partial charge in [0, 0.05) is 0 Å². The van der Waals surface area contributed by atoms with Crippen molar-refractivity contribution in [1.29, 1.82) is 4.78 Å². The Morgan fingerprint density at radius 3 is 2.14 bits per heavy atom. The van der Waals surface area contributed by atoms with Gasteiger partial charge in [-0.05, 0) is 0 Å². The standard InChI is InChI=1S/C4H10NOS/c1-4(2)3-7(5)6/h4-5H,3H2,1-2H3/q-1. The summed E-state index contributed by atoms with van der Waals surface area (Å²) in [5, 5.41) is 0. The molecule has 1 N–H and O–H groups in total. The minimum atomic E-state index is -1.35. The van der Waals surface area contributed by atoms with Crippen LogP contribution in [0.1, 0.15) is 13.8 Å². The second-order valence-corrected chi connectivity index (χ2v) is 2.93. The molecule has 0 saturated carbocycles. The van der Waals surface area contributed by atoms with Crippen LogP contribution in [0.5, 0.6) is 0 Å². The summed E-state index contributed by atoms with van der Waals surface area (Å²) in [6.07, 6.45) is 0. The highest BCUT2D eigenvalue weighted by Crippen LogP contribution is 1.89. The molecule has 3 heteroatoms. The fourth-order valence-corrected chi connectivity index (χ4v) is 0.908. The van der Waals surface area contributed by atoms with Crippen molar-refractivity contribution < 1.29 is 4.21 Å². The zero-order chi connectivity index (χ0) is 5.86. The van der Waals surface area contributed by atoms with Crippen LogP contribution >= 0.6 is 0 Å². The number of nitrogens with one attached hydrogen (secondary N) is 1. The highest BCUT2D eigenvalue weighted by molar-refractivity contribution is 7.73. The van der Waals surface area contributed by atoms with Crippen LogP contribution in [0.3, 0.4) is 0 Å². The van der Waals surface area contributed by atoms with Crippen molar-refractivity contribution in [2.45, 2.75) is 13.8 Å². The van der Waals surface area contributed by atoms with Crippen LogP contribution in [0.2, 0.25) is 0 Å². The van der Waals surface area contributed by atoms with E-state index in [1.807, 2.05) is 13.8 Å². The van der Waals surface area contributed by atoms with Gasteiger partial charge in [0.2, 0.25) is 0 Å². The normalized spacial score (nSPS) is 10.9. The van der Waals surface area contributed by atoms with E-state index in [0.29, 0.717) is 11.7 Å². The molecule has 0 unspecified atom stereocenters. The van der Waals surface area contributed by atoms with Crippen LogP contribution in [0.4, 0.5) is 0 Å². The third-order valence-electron chi connectivity index (χ3n) is 0.485. The van der Waals surface area contributed by atoms with Crippen molar-refractivity contribution in [3.8, 4) is 0 Å². The van der Waals surface area contributed by atoms with Gasteiger partial charge >= 0.3 is 0 Å². The summed E-state index contributed by atoms with van der Waals surface area (Å²) < 4.78 is 16.6. The Kier molecular flexibility index (Phi) is 3.00. The maximum Gasteiger partial charge on any atom is -0.0624 e. The molecule has 0 aliphatic heterocycles. The lowest BCUT2D eigenvalue weighted by Crippen LogP contribution is -1.94. The molecular weight excluding hydrogens is 110 g/mol. The number of hydrogen-bond donors (Lipinski definition) is 1. The maximum absolute atomic E-state index is 10.0. The first-order chi connectivity index (χ1) is 3.13. The summed E-state index contributed by atoms with van der Waals surface area (Å²) in [5.41, 5.74) is 0. The van der Waals surface area contributed by atoms with Crippen molar-refractivity contribution in [2.75, 3.05) is 5.75 Å². The molecule has 2 nitrogen and oxygen atoms in total. The van der Waals surface area contributed by atoms with Crippen LogP contribution in [-0.2, 0) is 14.8 Å². The first-order valence-electron chi connectivity index (χ1n) is 2.22. The highest BCUT2D eigenvalue weighted by atomic mass is 32.2. The largest absolute Gasteiger partial charge is 0.445 e. The Hall–Kier alpha value is -0.0500. The Morgan fingerprint density at radius 2 is 2.14 bits per heavy atom. The van der Waals surface area contributed by atoms with Gasteiger partial charge in [-0.2, -0.15) is 10.6 Å². The van der Waals surface area contributed by atoms with Crippen LogP contribution in [0.15, 0.2) is 0 Å². The van der Waals surface area contributed by atoms with Crippen LogP contribution < -0.4 is 0 Å². The first kappa shape index (κ1) is 6.95. The minimum Gasteiger partial charge on any atom is -0.445 e. The summed E-state index contributed by atoms with van der Waals surface area (Å²) in [5.74, 6) is 0.887. The zero-order valence-corrected chi connectivity index (χ0v) is 5.42. The molecule has 0 spiro atoms. The molecular formula is C4H10NOS-. The van der Waals surface area contributed by atoms with E-state index in [-0.39, 0.29) is 0 Å². The van der Waals surface area contributed by atoms with E-state index < -0.39 is 10.6 Å². The van der Waals surface area contributed by atoms with Crippen molar-refractivity contribution in [2.24, 2.45) is 5.92 Å². The molecule has 0 atom stereocenters. The second kappa shape index (κ2) is 3.02. The third kappa shape index (κ3) is 5.95. The Bertz CT molecular complexity index is 98.3. The van der Waals surface area contributed by atoms with Gasteiger partial charge in [-0.15, -0.1) is 0 Å². The molecule has 0 aromatic rings. The monoisotopic (exact) mass is 120 g/mol. The van der Waals surface area contributed by atoms with Gasteiger partial charge in [0.1, 0.15) is 0 Å². The van der Waals surface area contributed by atoms with Gasteiger partial charge in [0.15, 0.2) is 0 Å². The van der Waals surface area contributed by atoms with E-state index in [9.17, 15) is 4.21 Å². The van der Waals surface area contributed by atoms with E-state index >= 15 is 0 Å². The highest BCUT2D eigenvalue weighted by Gasteiger charge is 1.81. The lowest BCUT2D eigenvalue weighted by Gasteiger charge is -2.01. The quantitative estimate of drug-likeness (QED) is 0.549. The summed E-state index contributed by atoms with van der Waals surface area (Å²) in [6.45, 7) is 3.90. The van der Waals surface area contributed by atoms with Gasteiger partial charge in [-0.3, -0.25) is 0 Å².